The molecule has 0 bridgehead atoms. The van der Waals surface area contributed by atoms with Gasteiger partial charge in [-0.1, -0.05) is 11.6 Å². The van der Waals surface area contributed by atoms with Crippen LogP contribution in [-0.2, 0) is 0 Å². The number of benzene rings is 1. The zero-order chi connectivity index (χ0) is 24.7. The monoisotopic (exact) mass is 501 g/mol. The van der Waals surface area contributed by atoms with Crippen molar-refractivity contribution in [2.24, 2.45) is 0 Å². The van der Waals surface area contributed by atoms with E-state index in [9.17, 15) is 19.1 Å². The molecule has 2 N–H and O–H groups in total. The Labute approximate surface area is 205 Å². The van der Waals surface area contributed by atoms with Crippen LogP contribution in [0.3, 0.4) is 0 Å². The first-order valence-corrected chi connectivity index (χ1v) is 11.8. The quantitative estimate of drug-likeness (QED) is 0.560. The number of fused-ring (bicyclic) bond motifs is 1. The van der Waals surface area contributed by atoms with E-state index >= 15 is 0 Å². The van der Waals surface area contributed by atoms with Crippen molar-refractivity contribution < 1.29 is 19.1 Å². The summed E-state index contributed by atoms with van der Waals surface area (Å²) in [5, 5.41) is 16.9. The molecule has 35 heavy (non-hydrogen) atoms. The number of piperazine rings is 1. The highest BCUT2D eigenvalue weighted by atomic mass is 35.5. The predicted octanol–water partition coefficient (Wildman–Crippen LogP) is 4.08. The van der Waals surface area contributed by atoms with Crippen molar-refractivity contribution in [2.75, 3.05) is 36.4 Å². The van der Waals surface area contributed by atoms with E-state index in [0.717, 1.165) is 24.9 Å². The highest BCUT2D eigenvalue weighted by Crippen LogP contribution is 2.38. The third-order valence-electron chi connectivity index (χ3n) is 6.62. The molecule has 1 aromatic carbocycles. The van der Waals surface area contributed by atoms with Crippen molar-refractivity contribution >= 4 is 40.9 Å². The average molecular weight is 502 g/mol. The number of amides is 3. The molecule has 0 saturated carbocycles. The van der Waals surface area contributed by atoms with E-state index in [-0.39, 0.29) is 30.5 Å². The summed E-state index contributed by atoms with van der Waals surface area (Å²) in [5.74, 6) is 0.346. The Balaban J connectivity index is 1.37. The van der Waals surface area contributed by atoms with Gasteiger partial charge in [0.1, 0.15) is 17.3 Å². The number of carboxylic acid groups (broad SMARTS) is 1. The topological polar surface area (TPSA) is 106 Å². The largest absolute Gasteiger partial charge is 0.465 e. The van der Waals surface area contributed by atoms with Gasteiger partial charge in [-0.15, -0.1) is 0 Å². The van der Waals surface area contributed by atoms with Crippen LogP contribution in [0, 0.1) is 5.82 Å². The van der Waals surface area contributed by atoms with Gasteiger partial charge in [-0.05, 0) is 49.6 Å². The van der Waals surface area contributed by atoms with Crippen molar-refractivity contribution in [1.29, 1.82) is 0 Å². The van der Waals surface area contributed by atoms with E-state index in [1.807, 2.05) is 6.07 Å². The second-order valence-electron chi connectivity index (χ2n) is 8.83. The fraction of sp³-hybridized carbons (Fsp3) is 0.391. The summed E-state index contributed by atoms with van der Waals surface area (Å²) < 4.78 is 15.5. The second kappa shape index (κ2) is 9.21. The lowest BCUT2D eigenvalue weighted by Gasteiger charge is -2.38. The van der Waals surface area contributed by atoms with E-state index in [2.05, 4.69) is 15.3 Å². The van der Waals surface area contributed by atoms with Gasteiger partial charge in [0.2, 0.25) is 0 Å². The van der Waals surface area contributed by atoms with Crippen LogP contribution < -0.4 is 10.2 Å². The SMILES string of the molecule is C[C@H]1CN(C(=O)Nc2cnn3ccc(N4CCC[C@@H]4c4cc(F)ccc4Cl)nc23)CCN1C(=O)O. The van der Waals surface area contributed by atoms with Crippen LogP contribution in [0.1, 0.15) is 31.4 Å². The van der Waals surface area contributed by atoms with Gasteiger partial charge in [0.15, 0.2) is 5.65 Å². The minimum absolute atomic E-state index is 0.110. The van der Waals surface area contributed by atoms with Crippen LogP contribution >= 0.6 is 11.6 Å². The first kappa shape index (κ1) is 23.2. The van der Waals surface area contributed by atoms with E-state index in [1.165, 1.54) is 23.2 Å². The molecule has 0 spiro atoms. The Morgan fingerprint density at radius 2 is 2.06 bits per heavy atom. The second-order valence-corrected chi connectivity index (χ2v) is 9.24. The van der Waals surface area contributed by atoms with Crippen LogP contribution in [0.5, 0.6) is 0 Å². The third-order valence-corrected chi connectivity index (χ3v) is 6.96. The van der Waals surface area contributed by atoms with Crippen LogP contribution in [0.15, 0.2) is 36.7 Å². The molecular formula is C23H25ClFN7O3. The van der Waals surface area contributed by atoms with E-state index < -0.39 is 6.09 Å². The van der Waals surface area contributed by atoms with Crippen LogP contribution in [0.2, 0.25) is 5.02 Å². The molecule has 3 aromatic rings. The van der Waals surface area contributed by atoms with E-state index in [0.29, 0.717) is 35.3 Å². The summed E-state index contributed by atoms with van der Waals surface area (Å²) in [4.78, 5) is 34.0. The molecule has 5 rings (SSSR count). The Morgan fingerprint density at radius 3 is 2.83 bits per heavy atom. The summed E-state index contributed by atoms with van der Waals surface area (Å²) >= 11 is 6.38. The minimum Gasteiger partial charge on any atom is -0.465 e. The van der Waals surface area contributed by atoms with Gasteiger partial charge in [-0.2, -0.15) is 5.10 Å². The number of carbonyl (C=O) groups is 2. The van der Waals surface area contributed by atoms with E-state index in [4.69, 9.17) is 16.6 Å². The highest BCUT2D eigenvalue weighted by Gasteiger charge is 2.31. The van der Waals surface area contributed by atoms with Crippen LogP contribution in [0.4, 0.5) is 25.5 Å². The zero-order valence-electron chi connectivity index (χ0n) is 19.1. The molecule has 12 heteroatoms. The summed E-state index contributed by atoms with van der Waals surface area (Å²) in [6, 6.07) is 5.47. The lowest BCUT2D eigenvalue weighted by atomic mass is 10.0. The summed E-state index contributed by atoms with van der Waals surface area (Å²) in [5.41, 5.74) is 1.65. The predicted molar refractivity (Wildman–Crippen MR) is 129 cm³/mol. The molecule has 2 aromatic heterocycles. The molecule has 0 radical (unpaired) electrons. The van der Waals surface area contributed by atoms with Gasteiger partial charge < -0.3 is 25.1 Å². The smallest absolute Gasteiger partial charge is 0.407 e. The molecule has 0 unspecified atom stereocenters. The van der Waals surface area contributed by atoms with Crippen molar-refractivity contribution in [3.63, 3.8) is 0 Å². The molecule has 3 amide bonds. The van der Waals surface area contributed by atoms with Gasteiger partial charge in [-0.3, -0.25) is 0 Å². The maximum atomic E-state index is 13.9. The summed E-state index contributed by atoms with van der Waals surface area (Å²) in [6.45, 7) is 3.35. The van der Waals surface area contributed by atoms with Gasteiger partial charge in [0.05, 0.1) is 12.2 Å². The standard InChI is InChI=1S/C23H25ClFN7O3/c1-14-13-29(9-10-30(14)23(34)35)22(33)27-18-12-26-32-8-6-20(28-21(18)32)31-7-2-3-19(31)16-11-15(25)4-5-17(16)24/h4-6,8,11-12,14,19H,2-3,7,9-10,13H2,1H3,(H,27,33)(H,34,35)/t14-,19+/m0/s1. The van der Waals surface area contributed by atoms with Crippen LogP contribution in [-0.4, -0.2) is 73.8 Å². The lowest BCUT2D eigenvalue weighted by molar-refractivity contribution is 0.0868. The van der Waals surface area contributed by atoms with Crippen molar-refractivity contribution in [2.45, 2.75) is 31.8 Å². The number of aromatic nitrogens is 3. The molecule has 2 aliphatic rings. The number of rotatable bonds is 3. The molecule has 0 aliphatic carbocycles. The third kappa shape index (κ3) is 4.43. The number of hydrogen-bond donors (Lipinski definition) is 2. The molecule has 2 fully saturated rings. The van der Waals surface area contributed by atoms with Gasteiger partial charge in [-0.25, -0.2) is 23.5 Å². The average Bonchev–Trinajstić information content (AvgIpc) is 3.47. The number of nitrogens with one attached hydrogen (secondary N) is 1. The zero-order valence-corrected chi connectivity index (χ0v) is 19.8. The Kier molecular flexibility index (Phi) is 6.10. The van der Waals surface area contributed by atoms with Gasteiger partial charge in [0, 0.05) is 43.4 Å². The maximum Gasteiger partial charge on any atom is 0.407 e. The molecule has 2 saturated heterocycles. The van der Waals surface area contributed by atoms with Gasteiger partial charge >= 0.3 is 12.1 Å². The fourth-order valence-electron chi connectivity index (χ4n) is 4.86. The minimum atomic E-state index is -0.989. The number of halogens is 2. The maximum absolute atomic E-state index is 13.9. The lowest BCUT2D eigenvalue weighted by Crippen LogP contribution is -2.55. The molecular weight excluding hydrogens is 477 g/mol. The van der Waals surface area contributed by atoms with Crippen LogP contribution in [0.25, 0.3) is 5.65 Å². The number of nitrogens with zero attached hydrogens (tertiary/aromatic N) is 6. The summed E-state index contributed by atoms with van der Waals surface area (Å²) in [7, 11) is 0. The normalized spacial score (nSPS) is 20.5. The summed E-state index contributed by atoms with van der Waals surface area (Å²) in [6.07, 6.45) is 4.04. The number of urea groups is 1. The van der Waals surface area contributed by atoms with Crippen molar-refractivity contribution in [3.8, 4) is 0 Å². The van der Waals surface area contributed by atoms with Gasteiger partial charge in [0.25, 0.3) is 0 Å². The first-order valence-electron chi connectivity index (χ1n) is 11.4. The molecule has 2 atom stereocenters. The highest BCUT2D eigenvalue weighted by molar-refractivity contribution is 6.31. The Bertz CT molecular complexity index is 1290. The Morgan fingerprint density at radius 1 is 1.23 bits per heavy atom. The molecule has 2 aliphatic heterocycles. The Hall–Kier alpha value is -3.60. The number of carbonyl (C=O) groups excluding carboxylic acids is 1. The number of anilines is 2. The molecule has 10 nitrogen and oxygen atoms in total. The van der Waals surface area contributed by atoms with Crippen molar-refractivity contribution in [3.05, 3.63) is 53.1 Å². The molecule has 184 valence electrons. The number of hydrogen-bond acceptors (Lipinski definition) is 5. The van der Waals surface area contributed by atoms with E-state index in [1.54, 1.807) is 28.6 Å². The fourth-order valence-corrected chi connectivity index (χ4v) is 5.11. The van der Waals surface area contributed by atoms with Crippen molar-refractivity contribution in [1.82, 2.24) is 24.4 Å². The first-order chi connectivity index (χ1) is 16.8. The molecule has 4 heterocycles.